The molecule has 124 valence electrons. The summed E-state index contributed by atoms with van der Waals surface area (Å²) in [4.78, 5) is 15.0. The average Bonchev–Trinajstić information content (AvgIpc) is 2.94. The Bertz CT molecular complexity index is 523. The second-order valence-corrected chi connectivity index (χ2v) is 5.81. The molecular formula is C14H24Cl2N6. The molecular weight excluding hydrogens is 323 g/mol. The molecule has 0 aromatic carbocycles. The summed E-state index contributed by atoms with van der Waals surface area (Å²) in [5.74, 6) is 4.20. The smallest absolute Gasteiger partial charge is 0.192 e. The van der Waals surface area contributed by atoms with Crippen LogP contribution >= 0.6 is 24.8 Å². The van der Waals surface area contributed by atoms with Gasteiger partial charge in [0.2, 0.25) is 0 Å². The fourth-order valence-corrected chi connectivity index (χ4v) is 1.89. The molecule has 0 fully saturated rings. The van der Waals surface area contributed by atoms with E-state index in [1.807, 2.05) is 0 Å². The Morgan fingerprint density at radius 3 is 1.50 bits per heavy atom. The number of aromatic amines is 2. The van der Waals surface area contributed by atoms with E-state index in [9.17, 15) is 0 Å². The van der Waals surface area contributed by atoms with Gasteiger partial charge in [-0.2, -0.15) is 0 Å². The summed E-state index contributed by atoms with van der Waals surface area (Å²) in [7, 11) is 0. The first-order chi connectivity index (χ1) is 9.52. The highest BCUT2D eigenvalue weighted by Crippen LogP contribution is 2.16. The third-order valence-electron chi connectivity index (χ3n) is 2.69. The summed E-state index contributed by atoms with van der Waals surface area (Å²) in [5.41, 5.74) is 0. The average molecular weight is 347 g/mol. The van der Waals surface area contributed by atoms with Gasteiger partial charge in [0, 0.05) is 25.2 Å². The van der Waals surface area contributed by atoms with Crippen molar-refractivity contribution >= 4 is 36.4 Å². The van der Waals surface area contributed by atoms with Crippen LogP contribution in [0.25, 0.3) is 0 Å². The second kappa shape index (κ2) is 9.58. The minimum Gasteiger partial charge on any atom is -0.347 e. The van der Waals surface area contributed by atoms with E-state index in [1.54, 1.807) is 12.4 Å². The van der Waals surface area contributed by atoms with Gasteiger partial charge in [0.05, 0.1) is 0 Å². The van der Waals surface area contributed by atoms with Crippen molar-refractivity contribution in [2.24, 2.45) is 22.1 Å². The van der Waals surface area contributed by atoms with Crippen LogP contribution in [0, 0.1) is 11.8 Å². The second-order valence-electron chi connectivity index (χ2n) is 5.81. The van der Waals surface area contributed by atoms with E-state index < -0.39 is 0 Å². The summed E-state index contributed by atoms with van der Waals surface area (Å²) in [5, 5.41) is 8.19. The van der Waals surface area contributed by atoms with Crippen molar-refractivity contribution in [2.75, 3.05) is 0 Å². The van der Waals surface area contributed by atoms with Crippen LogP contribution in [0.15, 0.2) is 22.6 Å². The van der Waals surface area contributed by atoms with E-state index in [0.29, 0.717) is 23.5 Å². The lowest BCUT2D eigenvalue weighted by atomic mass is 10.1. The number of halogens is 2. The molecule has 0 bridgehead atoms. The van der Waals surface area contributed by atoms with E-state index in [4.69, 9.17) is 0 Å². The monoisotopic (exact) mass is 346 g/mol. The Labute approximate surface area is 143 Å². The van der Waals surface area contributed by atoms with Crippen LogP contribution < -0.4 is 0 Å². The largest absolute Gasteiger partial charge is 0.347 e. The predicted octanol–water partition coefficient (Wildman–Crippen LogP) is 4.79. The van der Waals surface area contributed by atoms with E-state index in [0.717, 1.165) is 24.5 Å². The van der Waals surface area contributed by atoms with Crippen molar-refractivity contribution in [1.29, 1.82) is 0 Å². The lowest BCUT2D eigenvalue weighted by Gasteiger charge is -1.98. The van der Waals surface area contributed by atoms with Crippen molar-refractivity contribution < 1.29 is 0 Å². The van der Waals surface area contributed by atoms with Crippen molar-refractivity contribution in [3.63, 3.8) is 0 Å². The lowest BCUT2D eigenvalue weighted by Crippen LogP contribution is -1.95. The predicted molar refractivity (Wildman–Crippen MR) is 92.9 cm³/mol. The number of azo groups is 1. The van der Waals surface area contributed by atoms with Crippen LogP contribution in [0.5, 0.6) is 0 Å². The SMILES string of the molecule is CC(C)Cc1nc(N=Nc2c[nH]c(CC(C)C)n2)c[nH]1.Cl.Cl. The number of hydrogen-bond acceptors (Lipinski definition) is 4. The van der Waals surface area contributed by atoms with Gasteiger partial charge < -0.3 is 9.97 Å². The zero-order chi connectivity index (χ0) is 14.5. The first-order valence-corrected chi connectivity index (χ1v) is 7.03. The molecule has 6 nitrogen and oxygen atoms in total. The Kier molecular flexibility index (Phi) is 8.97. The molecule has 0 saturated carbocycles. The normalized spacial score (nSPS) is 11.0. The third-order valence-corrected chi connectivity index (χ3v) is 2.69. The molecule has 2 rings (SSSR count). The molecule has 0 aliphatic carbocycles. The number of nitrogens with one attached hydrogen (secondary N) is 2. The first-order valence-electron chi connectivity index (χ1n) is 7.03. The Balaban J connectivity index is 0.00000220. The molecule has 2 N–H and O–H groups in total. The van der Waals surface area contributed by atoms with Crippen LogP contribution in [-0.4, -0.2) is 19.9 Å². The molecule has 0 atom stereocenters. The van der Waals surface area contributed by atoms with Crippen LogP contribution in [0.4, 0.5) is 11.6 Å². The minimum absolute atomic E-state index is 0. The van der Waals surface area contributed by atoms with Crippen molar-refractivity contribution in [2.45, 2.75) is 40.5 Å². The van der Waals surface area contributed by atoms with Gasteiger partial charge in [-0.15, -0.1) is 35.0 Å². The summed E-state index contributed by atoms with van der Waals surface area (Å²) < 4.78 is 0. The van der Waals surface area contributed by atoms with Gasteiger partial charge in [-0.3, -0.25) is 0 Å². The molecule has 2 aromatic heterocycles. The number of rotatable bonds is 6. The number of hydrogen-bond donors (Lipinski definition) is 2. The van der Waals surface area contributed by atoms with Crippen LogP contribution in [-0.2, 0) is 12.8 Å². The van der Waals surface area contributed by atoms with Gasteiger partial charge in [0.1, 0.15) is 11.6 Å². The van der Waals surface area contributed by atoms with Crippen LogP contribution in [0.3, 0.4) is 0 Å². The van der Waals surface area contributed by atoms with Gasteiger partial charge in [-0.1, -0.05) is 27.7 Å². The standard InChI is InChI=1S/C14H22N6.2ClH/c1-9(2)5-11-15-7-13(17-11)19-20-14-8-16-12(18-14)6-10(3)4;;/h7-10H,5-6H2,1-4H3,(H,15,17)(H,16,18);2*1H. The molecule has 0 aliphatic rings. The molecule has 0 amide bonds. The van der Waals surface area contributed by atoms with Gasteiger partial charge >= 0.3 is 0 Å². The van der Waals surface area contributed by atoms with E-state index in [1.165, 1.54) is 0 Å². The van der Waals surface area contributed by atoms with Crippen molar-refractivity contribution in [1.82, 2.24) is 19.9 Å². The van der Waals surface area contributed by atoms with Crippen LogP contribution in [0.2, 0.25) is 0 Å². The molecule has 2 aromatic rings. The fraction of sp³-hybridized carbons (Fsp3) is 0.571. The summed E-state index contributed by atoms with van der Waals surface area (Å²) in [6.07, 6.45) is 5.36. The number of H-pyrrole nitrogens is 2. The summed E-state index contributed by atoms with van der Waals surface area (Å²) in [6, 6.07) is 0. The van der Waals surface area contributed by atoms with Gasteiger partial charge in [0.25, 0.3) is 0 Å². The lowest BCUT2D eigenvalue weighted by molar-refractivity contribution is 0.625. The van der Waals surface area contributed by atoms with E-state index in [2.05, 4.69) is 57.9 Å². The Morgan fingerprint density at radius 2 is 1.18 bits per heavy atom. The number of imidazole rings is 2. The summed E-state index contributed by atoms with van der Waals surface area (Å²) in [6.45, 7) is 8.63. The van der Waals surface area contributed by atoms with Crippen molar-refractivity contribution in [3.8, 4) is 0 Å². The van der Waals surface area contributed by atoms with Gasteiger partial charge in [-0.05, 0) is 11.8 Å². The highest BCUT2D eigenvalue weighted by molar-refractivity contribution is 5.85. The zero-order valence-corrected chi connectivity index (χ0v) is 15.0. The molecule has 8 heteroatoms. The maximum absolute atomic E-state index is 4.37. The Hall–Kier alpha value is -1.40. The number of aromatic nitrogens is 4. The molecule has 0 saturated heterocycles. The molecule has 0 aliphatic heterocycles. The topological polar surface area (TPSA) is 82.1 Å². The summed E-state index contributed by atoms with van der Waals surface area (Å²) >= 11 is 0. The van der Waals surface area contributed by atoms with Crippen molar-refractivity contribution in [3.05, 3.63) is 24.0 Å². The third kappa shape index (κ3) is 6.58. The maximum atomic E-state index is 4.37. The fourth-order valence-electron chi connectivity index (χ4n) is 1.89. The highest BCUT2D eigenvalue weighted by Gasteiger charge is 2.04. The number of nitrogens with zero attached hydrogens (tertiary/aromatic N) is 4. The van der Waals surface area contributed by atoms with Gasteiger partial charge in [-0.25, -0.2) is 9.97 Å². The Morgan fingerprint density at radius 1 is 0.818 bits per heavy atom. The van der Waals surface area contributed by atoms with Crippen LogP contribution in [0.1, 0.15) is 39.3 Å². The molecule has 22 heavy (non-hydrogen) atoms. The minimum atomic E-state index is 0. The van der Waals surface area contributed by atoms with E-state index in [-0.39, 0.29) is 24.8 Å². The molecule has 0 unspecified atom stereocenters. The highest BCUT2D eigenvalue weighted by atomic mass is 35.5. The molecule has 2 heterocycles. The van der Waals surface area contributed by atoms with E-state index >= 15 is 0 Å². The molecule has 0 radical (unpaired) electrons. The zero-order valence-electron chi connectivity index (χ0n) is 13.3. The molecule has 0 spiro atoms. The van der Waals surface area contributed by atoms with Gasteiger partial charge in [0.15, 0.2) is 11.6 Å². The first kappa shape index (κ1) is 20.6. The quantitative estimate of drug-likeness (QED) is 0.737. The maximum Gasteiger partial charge on any atom is 0.192 e.